The van der Waals surface area contributed by atoms with Crippen molar-refractivity contribution in [2.24, 2.45) is 0 Å². The highest BCUT2D eigenvalue weighted by molar-refractivity contribution is 7.15. The number of nitrogens with one attached hydrogen (secondary N) is 1. The number of carbonyl (C=O) groups is 1. The van der Waals surface area contributed by atoms with E-state index in [-0.39, 0.29) is 11.2 Å². The van der Waals surface area contributed by atoms with Gasteiger partial charge in [0.25, 0.3) is 5.91 Å². The minimum Gasteiger partial charge on any atom is -0.451 e. The summed E-state index contributed by atoms with van der Waals surface area (Å²) in [5.74, 6) is -0.563. The van der Waals surface area contributed by atoms with Crippen molar-refractivity contribution >= 4 is 44.9 Å². The lowest BCUT2D eigenvalue weighted by Crippen LogP contribution is -2.14. The summed E-state index contributed by atoms with van der Waals surface area (Å²) in [6.07, 6.45) is 2.37. The van der Waals surface area contributed by atoms with Crippen LogP contribution in [-0.4, -0.2) is 10.9 Å². The predicted molar refractivity (Wildman–Crippen MR) is 107 cm³/mol. The van der Waals surface area contributed by atoms with Gasteiger partial charge in [0.1, 0.15) is 5.58 Å². The van der Waals surface area contributed by atoms with Crippen molar-refractivity contribution in [3.8, 4) is 0 Å². The van der Waals surface area contributed by atoms with Gasteiger partial charge in [-0.05, 0) is 29.8 Å². The Morgan fingerprint density at radius 2 is 2.00 bits per heavy atom. The first-order chi connectivity index (χ1) is 13.1. The smallest absolute Gasteiger partial charge is 0.293 e. The van der Waals surface area contributed by atoms with Gasteiger partial charge in [-0.15, -0.1) is 11.3 Å². The summed E-state index contributed by atoms with van der Waals surface area (Å²) in [5, 5.41) is 4.23. The van der Waals surface area contributed by atoms with Gasteiger partial charge < -0.3 is 4.42 Å². The maximum absolute atomic E-state index is 12.4. The monoisotopic (exact) mass is 396 g/mol. The van der Waals surface area contributed by atoms with Gasteiger partial charge >= 0.3 is 0 Å². The van der Waals surface area contributed by atoms with Crippen molar-refractivity contribution in [3.05, 3.63) is 92.2 Å². The first-order valence-corrected chi connectivity index (χ1v) is 9.31. The molecule has 0 unspecified atom stereocenters. The van der Waals surface area contributed by atoms with Crippen LogP contribution in [0.5, 0.6) is 0 Å². The van der Waals surface area contributed by atoms with Crippen LogP contribution in [0.2, 0.25) is 5.02 Å². The molecule has 27 heavy (non-hydrogen) atoms. The molecule has 2 aromatic heterocycles. The number of hydrogen-bond acceptors (Lipinski definition) is 5. The van der Waals surface area contributed by atoms with Gasteiger partial charge in [-0.2, -0.15) is 0 Å². The van der Waals surface area contributed by atoms with E-state index in [1.54, 1.807) is 30.5 Å². The number of aromatic nitrogens is 1. The van der Waals surface area contributed by atoms with E-state index in [4.69, 9.17) is 16.0 Å². The highest BCUT2D eigenvalue weighted by atomic mass is 35.5. The molecule has 2 aromatic carbocycles. The minimum absolute atomic E-state index is 0.0507. The van der Waals surface area contributed by atoms with Crippen molar-refractivity contribution in [2.75, 3.05) is 5.32 Å². The highest BCUT2D eigenvalue weighted by Gasteiger charge is 2.14. The van der Waals surface area contributed by atoms with Gasteiger partial charge in [0.05, 0.1) is 5.39 Å². The van der Waals surface area contributed by atoms with E-state index in [0.29, 0.717) is 27.5 Å². The van der Waals surface area contributed by atoms with E-state index < -0.39 is 5.91 Å². The van der Waals surface area contributed by atoms with Gasteiger partial charge in [0.15, 0.2) is 16.3 Å². The normalized spacial score (nSPS) is 10.9. The summed E-state index contributed by atoms with van der Waals surface area (Å²) < 4.78 is 5.54. The van der Waals surface area contributed by atoms with Crippen LogP contribution in [0.1, 0.15) is 21.0 Å². The number of halogens is 1. The number of benzene rings is 2. The van der Waals surface area contributed by atoms with Crippen LogP contribution in [0.4, 0.5) is 5.13 Å². The first kappa shape index (κ1) is 17.5. The van der Waals surface area contributed by atoms with Crippen molar-refractivity contribution in [2.45, 2.75) is 6.42 Å². The summed E-state index contributed by atoms with van der Waals surface area (Å²) >= 11 is 7.36. The zero-order valence-electron chi connectivity index (χ0n) is 13.9. The van der Waals surface area contributed by atoms with Gasteiger partial charge in [0, 0.05) is 28.6 Å². The Bertz CT molecular complexity index is 1200. The topological polar surface area (TPSA) is 72.2 Å². The van der Waals surface area contributed by atoms with E-state index in [2.05, 4.69) is 10.3 Å². The number of amides is 1. The van der Waals surface area contributed by atoms with Crippen molar-refractivity contribution in [1.82, 2.24) is 4.98 Å². The third-order valence-corrected chi connectivity index (χ3v) is 5.05. The van der Waals surface area contributed by atoms with Crippen LogP contribution in [0.3, 0.4) is 0 Å². The Morgan fingerprint density at radius 1 is 1.15 bits per heavy atom. The van der Waals surface area contributed by atoms with Gasteiger partial charge in [-0.1, -0.05) is 35.9 Å². The average Bonchev–Trinajstić information content (AvgIpc) is 3.08. The molecule has 0 saturated heterocycles. The fourth-order valence-corrected chi connectivity index (χ4v) is 3.72. The van der Waals surface area contributed by atoms with Crippen LogP contribution in [0.15, 0.2) is 70.0 Å². The Labute approximate surface area is 163 Å². The zero-order valence-corrected chi connectivity index (χ0v) is 15.5. The van der Waals surface area contributed by atoms with Gasteiger partial charge in [0.2, 0.25) is 0 Å². The molecule has 2 heterocycles. The molecule has 5 nitrogen and oxygen atoms in total. The number of anilines is 1. The van der Waals surface area contributed by atoms with Crippen LogP contribution >= 0.6 is 22.9 Å². The molecule has 134 valence electrons. The second-order valence-corrected chi connectivity index (χ2v) is 7.42. The molecule has 0 radical (unpaired) electrons. The lowest BCUT2D eigenvalue weighted by atomic mass is 10.1. The Morgan fingerprint density at radius 3 is 2.85 bits per heavy atom. The summed E-state index contributed by atoms with van der Waals surface area (Å²) in [6, 6.07) is 15.6. The number of para-hydroxylation sites is 1. The molecule has 4 aromatic rings. The average molecular weight is 397 g/mol. The summed E-state index contributed by atoms with van der Waals surface area (Å²) in [4.78, 5) is 29.8. The lowest BCUT2D eigenvalue weighted by molar-refractivity contribution is 0.0997. The molecule has 7 heteroatoms. The maximum atomic E-state index is 12.4. The number of hydrogen-bond donors (Lipinski definition) is 1. The first-order valence-electron chi connectivity index (χ1n) is 8.12. The molecule has 0 aliphatic rings. The van der Waals surface area contributed by atoms with E-state index in [1.165, 1.54) is 17.4 Å². The van der Waals surface area contributed by atoms with Crippen molar-refractivity contribution in [1.29, 1.82) is 0 Å². The fourth-order valence-electron chi connectivity index (χ4n) is 2.67. The van der Waals surface area contributed by atoms with Gasteiger partial charge in [-0.3, -0.25) is 14.9 Å². The second-order valence-electron chi connectivity index (χ2n) is 5.86. The van der Waals surface area contributed by atoms with Gasteiger partial charge in [-0.25, -0.2) is 4.98 Å². The summed E-state index contributed by atoms with van der Waals surface area (Å²) in [5.41, 5.74) is 1.17. The number of nitrogens with zero attached hydrogens (tertiary/aromatic N) is 1. The molecular weight excluding hydrogens is 384 g/mol. The van der Waals surface area contributed by atoms with Crippen molar-refractivity contribution in [3.63, 3.8) is 0 Å². The Balaban J connectivity index is 1.52. The molecular formula is C20H13ClN2O3S. The molecule has 0 fully saturated rings. The Kier molecular flexibility index (Phi) is 4.75. The van der Waals surface area contributed by atoms with Crippen LogP contribution < -0.4 is 10.7 Å². The Hall–Kier alpha value is -2.96. The molecule has 0 bridgehead atoms. The minimum atomic E-state index is -0.512. The molecule has 0 aliphatic heterocycles. The quantitative estimate of drug-likeness (QED) is 0.540. The SMILES string of the molecule is O=C(Nc1ncc(Cc2cccc(Cl)c2)s1)c1cc(=O)c2ccccc2o1. The lowest BCUT2D eigenvalue weighted by Gasteiger charge is -2.02. The predicted octanol–water partition coefficient (Wildman–Crippen LogP) is 4.75. The van der Waals surface area contributed by atoms with Crippen LogP contribution in [0.25, 0.3) is 11.0 Å². The summed E-state index contributed by atoms with van der Waals surface area (Å²) in [6.45, 7) is 0. The van der Waals surface area contributed by atoms with E-state index in [1.807, 2.05) is 24.3 Å². The molecule has 4 rings (SSSR count). The number of carbonyl (C=O) groups excluding carboxylic acids is 1. The third kappa shape index (κ3) is 3.92. The number of fused-ring (bicyclic) bond motifs is 1. The van der Waals surface area contributed by atoms with E-state index >= 15 is 0 Å². The largest absolute Gasteiger partial charge is 0.451 e. The van der Waals surface area contributed by atoms with Crippen LogP contribution in [-0.2, 0) is 6.42 Å². The number of rotatable bonds is 4. The summed E-state index contributed by atoms with van der Waals surface area (Å²) in [7, 11) is 0. The third-order valence-electron chi connectivity index (χ3n) is 3.90. The molecule has 0 atom stereocenters. The van der Waals surface area contributed by atoms with Crippen molar-refractivity contribution < 1.29 is 9.21 Å². The standard InChI is InChI=1S/C20H13ClN2O3S/c21-13-5-3-4-12(8-13)9-14-11-22-20(27-14)23-19(25)18-10-16(24)15-6-1-2-7-17(15)26-18/h1-8,10-11H,9H2,(H,22,23,25). The molecule has 0 aliphatic carbocycles. The second kappa shape index (κ2) is 7.34. The van der Waals surface area contributed by atoms with E-state index in [0.717, 1.165) is 10.4 Å². The number of thiazole rings is 1. The molecule has 1 N–H and O–H groups in total. The molecule has 0 spiro atoms. The fraction of sp³-hybridized carbons (Fsp3) is 0.0500. The maximum Gasteiger partial charge on any atom is 0.293 e. The highest BCUT2D eigenvalue weighted by Crippen LogP contribution is 2.23. The molecule has 0 saturated carbocycles. The van der Waals surface area contributed by atoms with E-state index in [9.17, 15) is 9.59 Å². The van der Waals surface area contributed by atoms with Crippen LogP contribution in [0, 0.1) is 0 Å². The molecule has 1 amide bonds. The zero-order chi connectivity index (χ0) is 18.8.